The zero-order valence-corrected chi connectivity index (χ0v) is 15.4. The fraction of sp³-hybridized carbons (Fsp3) is 0.0909. The maximum absolute atomic E-state index is 5.83. The lowest BCUT2D eigenvalue weighted by Crippen LogP contribution is -1.97. The summed E-state index contributed by atoms with van der Waals surface area (Å²) in [4.78, 5) is 8.74. The summed E-state index contributed by atoms with van der Waals surface area (Å²) in [5.41, 5.74) is 1.59. The average molecular weight is 384 g/mol. The molecule has 0 atom stereocenters. The van der Waals surface area contributed by atoms with E-state index < -0.39 is 0 Å². The minimum absolute atomic E-state index is 0.151. The van der Waals surface area contributed by atoms with Crippen molar-refractivity contribution in [2.45, 2.75) is 13.2 Å². The third-order valence-corrected chi connectivity index (χ3v) is 4.40. The van der Waals surface area contributed by atoms with Gasteiger partial charge in [0.2, 0.25) is 0 Å². The quantitative estimate of drug-likeness (QED) is 0.431. The largest absolute Gasteiger partial charge is 0.482 e. The number of nitrogens with zero attached hydrogens (tertiary/aromatic N) is 4. The number of ether oxygens (including phenoxy) is 2. The maximum atomic E-state index is 5.83. The minimum atomic E-state index is 0.151. The van der Waals surface area contributed by atoms with Crippen molar-refractivity contribution in [1.29, 1.82) is 0 Å². The third kappa shape index (κ3) is 3.58. The van der Waals surface area contributed by atoms with E-state index >= 15 is 0 Å². The van der Waals surface area contributed by atoms with Crippen LogP contribution in [-0.2, 0) is 13.2 Å². The Bertz CT molecular complexity index is 1180. The Morgan fingerprint density at radius 3 is 1.62 bits per heavy atom. The molecule has 5 rings (SSSR count). The van der Waals surface area contributed by atoms with Gasteiger partial charge in [-0.3, -0.25) is 9.97 Å². The lowest BCUT2D eigenvalue weighted by molar-refractivity contribution is 0.234. The first kappa shape index (κ1) is 17.1. The van der Waals surface area contributed by atoms with Crippen LogP contribution < -0.4 is 9.47 Å². The summed E-state index contributed by atoms with van der Waals surface area (Å²) in [6.07, 6.45) is 3.47. The van der Waals surface area contributed by atoms with Crippen molar-refractivity contribution in [2.75, 3.05) is 0 Å². The molecule has 0 bridgehead atoms. The number of rotatable bonds is 6. The molecule has 0 radical (unpaired) electrons. The van der Waals surface area contributed by atoms with Crippen molar-refractivity contribution in [3.63, 3.8) is 0 Å². The van der Waals surface area contributed by atoms with E-state index in [1.807, 2.05) is 60.7 Å². The van der Waals surface area contributed by atoms with Gasteiger partial charge in [-0.1, -0.05) is 36.4 Å². The van der Waals surface area contributed by atoms with Crippen molar-refractivity contribution >= 4 is 21.8 Å². The number of aromatic nitrogens is 4. The summed E-state index contributed by atoms with van der Waals surface area (Å²) >= 11 is 0. The highest BCUT2D eigenvalue weighted by molar-refractivity contribution is 5.84. The molecule has 2 aromatic carbocycles. The van der Waals surface area contributed by atoms with E-state index in [2.05, 4.69) is 20.2 Å². The third-order valence-electron chi connectivity index (χ3n) is 4.40. The molecule has 3 aromatic heterocycles. The topological polar surface area (TPSA) is 83.2 Å². The summed E-state index contributed by atoms with van der Waals surface area (Å²) in [5.74, 6) is 2.07. The highest BCUT2D eigenvalue weighted by Gasteiger charge is 2.11. The Kier molecular flexibility index (Phi) is 4.46. The van der Waals surface area contributed by atoms with Gasteiger partial charge in [-0.15, -0.1) is 10.2 Å². The van der Waals surface area contributed by atoms with Crippen LogP contribution in [0.5, 0.6) is 11.5 Å². The van der Waals surface area contributed by atoms with E-state index in [9.17, 15) is 0 Å². The molecule has 0 N–H and O–H groups in total. The molecule has 5 aromatic rings. The molecule has 3 heterocycles. The molecule has 0 saturated heterocycles. The lowest BCUT2D eigenvalue weighted by atomic mass is 10.2. The molecule has 7 heteroatoms. The first-order valence-electron chi connectivity index (χ1n) is 9.11. The second kappa shape index (κ2) is 7.55. The van der Waals surface area contributed by atoms with Crippen molar-refractivity contribution < 1.29 is 13.9 Å². The van der Waals surface area contributed by atoms with E-state index in [1.165, 1.54) is 0 Å². The molecule has 0 fully saturated rings. The number of hydrogen-bond acceptors (Lipinski definition) is 7. The fourth-order valence-corrected chi connectivity index (χ4v) is 3.07. The summed E-state index contributed by atoms with van der Waals surface area (Å²) in [6.45, 7) is 0.303. The Morgan fingerprint density at radius 1 is 0.621 bits per heavy atom. The molecule has 0 spiro atoms. The highest BCUT2D eigenvalue weighted by atomic mass is 16.5. The van der Waals surface area contributed by atoms with Gasteiger partial charge in [0.25, 0.3) is 11.8 Å². The van der Waals surface area contributed by atoms with E-state index in [0.29, 0.717) is 23.3 Å². The molecule has 0 aliphatic rings. The Balaban J connectivity index is 1.26. The number of hydrogen-bond donors (Lipinski definition) is 0. The number of fused-ring (bicyclic) bond motifs is 2. The van der Waals surface area contributed by atoms with Gasteiger partial charge in [0.05, 0.1) is 0 Å². The van der Waals surface area contributed by atoms with Crippen molar-refractivity contribution in [2.24, 2.45) is 0 Å². The van der Waals surface area contributed by atoms with Crippen LogP contribution in [-0.4, -0.2) is 20.2 Å². The van der Waals surface area contributed by atoms with E-state index in [0.717, 1.165) is 21.8 Å². The van der Waals surface area contributed by atoms with Crippen LogP contribution in [0.1, 0.15) is 11.8 Å². The second-order valence-electron chi connectivity index (χ2n) is 6.33. The minimum Gasteiger partial charge on any atom is -0.482 e. The molecule has 0 aliphatic carbocycles. The summed E-state index contributed by atoms with van der Waals surface area (Å²) in [7, 11) is 0. The highest BCUT2D eigenvalue weighted by Crippen LogP contribution is 2.25. The smallest absolute Gasteiger partial charge is 0.254 e. The van der Waals surface area contributed by atoms with Gasteiger partial charge >= 0.3 is 0 Å². The summed E-state index contributed by atoms with van der Waals surface area (Å²) in [5, 5.41) is 10.1. The van der Waals surface area contributed by atoms with Gasteiger partial charge in [0.1, 0.15) is 22.5 Å². The average Bonchev–Trinajstić information content (AvgIpc) is 3.24. The zero-order valence-electron chi connectivity index (χ0n) is 15.4. The van der Waals surface area contributed by atoms with Crippen LogP contribution in [0, 0.1) is 0 Å². The predicted octanol–water partition coefficient (Wildman–Crippen LogP) is 4.32. The van der Waals surface area contributed by atoms with Gasteiger partial charge in [-0.2, -0.15) is 0 Å². The van der Waals surface area contributed by atoms with E-state index in [-0.39, 0.29) is 13.2 Å². The van der Waals surface area contributed by atoms with Gasteiger partial charge in [-0.05, 0) is 24.3 Å². The molecular weight excluding hydrogens is 368 g/mol. The van der Waals surface area contributed by atoms with Gasteiger partial charge in [-0.25, -0.2) is 0 Å². The second-order valence-corrected chi connectivity index (χ2v) is 6.33. The molecule has 0 saturated carbocycles. The first-order valence-corrected chi connectivity index (χ1v) is 9.11. The molecule has 7 nitrogen and oxygen atoms in total. The van der Waals surface area contributed by atoms with Crippen molar-refractivity contribution in [3.8, 4) is 11.5 Å². The van der Waals surface area contributed by atoms with Crippen molar-refractivity contribution in [1.82, 2.24) is 20.2 Å². The standard InChI is InChI=1S/C22H16N4O3/c1-5-15-7-3-11-23-21(15)17(9-1)27-13-19-25-26-20(29-19)14-28-18-10-2-6-16-8-4-12-24-22(16)18/h1-12H,13-14H2. The number of pyridine rings is 2. The van der Waals surface area contributed by atoms with Crippen LogP contribution in [0.25, 0.3) is 21.8 Å². The lowest BCUT2D eigenvalue weighted by Gasteiger charge is -2.06. The normalized spacial score (nSPS) is 11.0. The number of para-hydroxylation sites is 2. The monoisotopic (exact) mass is 384 g/mol. The molecule has 142 valence electrons. The van der Waals surface area contributed by atoms with Gasteiger partial charge < -0.3 is 13.9 Å². The van der Waals surface area contributed by atoms with E-state index in [4.69, 9.17) is 13.9 Å². The van der Waals surface area contributed by atoms with E-state index in [1.54, 1.807) is 12.4 Å². The summed E-state index contributed by atoms with van der Waals surface area (Å²) in [6, 6.07) is 19.3. The first-order chi connectivity index (χ1) is 14.4. The van der Waals surface area contributed by atoms with Crippen LogP contribution in [0.2, 0.25) is 0 Å². The Hall–Kier alpha value is -4.00. The molecule has 0 unspecified atom stereocenters. The maximum Gasteiger partial charge on any atom is 0.254 e. The van der Waals surface area contributed by atoms with Crippen molar-refractivity contribution in [3.05, 3.63) is 84.8 Å². The molecule has 29 heavy (non-hydrogen) atoms. The Morgan fingerprint density at radius 2 is 1.10 bits per heavy atom. The molecule has 0 aliphatic heterocycles. The summed E-state index contributed by atoms with van der Waals surface area (Å²) < 4.78 is 17.3. The van der Waals surface area contributed by atoms with Gasteiger partial charge in [0.15, 0.2) is 13.2 Å². The van der Waals surface area contributed by atoms with Gasteiger partial charge in [0, 0.05) is 23.2 Å². The zero-order chi connectivity index (χ0) is 19.5. The van der Waals surface area contributed by atoms with Crippen LogP contribution in [0.4, 0.5) is 0 Å². The van der Waals surface area contributed by atoms with Crippen LogP contribution >= 0.6 is 0 Å². The SMILES string of the molecule is c1cnc2c(OCc3nnc(COc4cccc5cccnc45)o3)cccc2c1. The molecule has 0 amide bonds. The predicted molar refractivity (Wildman–Crippen MR) is 106 cm³/mol. The number of benzene rings is 2. The van der Waals surface area contributed by atoms with Crippen LogP contribution in [0.15, 0.2) is 77.5 Å². The fourth-order valence-electron chi connectivity index (χ4n) is 3.07. The van der Waals surface area contributed by atoms with Crippen LogP contribution in [0.3, 0.4) is 0 Å². The molecular formula is C22H16N4O3. The Labute approximate surface area is 166 Å².